The van der Waals surface area contributed by atoms with E-state index in [2.05, 4.69) is 0 Å². The van der Waals surface area contributed by atoms with Crippen LogP contribution in [-0.4, -0.2) is 11.2 Å². The lowest BCUT2D eigenvalue weighted by Gasteiger charge is -2.18. The first-order chi connectivity index (χ1) is 8.46. The number of halogens is 7. The highest BCUT2D eigenvalue weighted by molar-refractivity contribution is 6.33. The second kappa shape index (κ2) is 5.03. The van der Waals surface area contributed by atoms with E-state index in [4.69, 9.17) is 11.6 Å². The molecule has 0 aliphatic rings. The monoisotopic (exact) mass is 304 g/mol. The lowest BCUT2D eigenvalue weighted by molar-refractivity contribution is -0.162. The number of Topliss-reactive ketones (excluding diaryl/α,β-unsaturated/α-hetero) is 1. The third-order valence-electron chi connectivity index (χ3n) is 2.28. The minimum Gasteiger partial charge on any atom is -0.293 e. The maximum Gasteiger partial charge on any atom is 0.417 e. The maximum atomic E-state index is 12.8. The van der Waals surface area contributed by atoms with Crippen molar-refractivity contribution < 1.29 is 31.1 Å². The summed E-state index contributed by atoms with van der Waals surface area (Å²) in [6.07, 6.45) is -10.5. The van der Waals surface area contributed by atoms with Gasteiger partial charge in [0.05, 0.1) is 16.5 Å². The zero-order valence-electron chi connectivity index (χ0n) is 9.36. The van der Waals surface area contributed by atoms with E-state index in [0.29, 0.717) is 6.07 Å². The Hall–Kier alpha value is -1.24. The van der Waals surface area contributed by atoms with Crippen molar-refractivity contribution in [3.05, 3.63) is 34.9 Å². The molecular weight excluding hydrogens is 298 g/mol. The fraction of sp³-hybridized carbons (Fsp3) is 0.364. The summed E-state index contributed by atoms with van der Waals surface area (Å²) >= 11 is 5.35. The van der Waals surface area contributed by atoms with Gasteiger partial charge >= 0.3 is 12.4 Å². The average Bonchev–Trinajstić information content (AvgIpc) is 2.24. The molecule has 0 aliphatic carbocycles. The molecule has 1 rings (SSSR count). The molecule has 0 saturated heterocycles. The van der Waals surface area contributed by atoms with E-state index in [1.807, 2.05) is 0 Å². The molecule has 0 heterocycles. The van der Waals surface area contributed by atoms with Gasteiger partial charge < -0.3 is 0 Å². The highest BCUT2D eigenvalue weighted by Crippen LogP contribution is 2.42. The van der Waals surface area contributed by atoms with Crippen molar-refractivity contribution in [3.8, 4) is 0 Å². The van der Waals surface area contributed by atoms with Crippen LogP contribution in [0.4, 0.5) is 26.3 Å². The van der Waals surface area contributed by atoms with E-state index in [1.54, 1.807) is 0 Å². The fourth-order valence-corrected chi connectivity index (χ4v) is 1.63. The normalized spacial score (nSPS) is 14.3. The van der Waals surface area contributed by atoms with Gasteiger partial charge in [-0.15, -0.1) is 11.6 Å². The van der Waals surface area contributed by atoms with Crippen LogP contribution in [0, 0.1) is 0 Å². The molecule has 1 unspecified atom stereocenters. The Kier molecular flexibility index (Phi) is 4.19. The van der Waals surface area contributed by atoms with Crippen LogP contribution in [0.1, 0.15) is 28.4 Å². The number of alkyl halides is 7. The molecule has 1 atom stereocenters. The van der Waals surface area contributed by atoms with E-state index in [9.17, 15) is 31.1 Å². The van der Waals surface area contributed by atoms with Crippen molar-refractivity contribution in [2.24, 2.45) is 0 Å². The number of carbonyl (C=O) groups excluding carboxylic acids is 1. The first kappa shape index (κ1) is 15.8. The van der Waals surface area contributed by atoms with Gasteiger partial charge in [0.15, 0.2) is 5.78 Å². The van der Waals surface area contributed by atoms with Crippen LogP contribution in [0.2, 0.25) is 0 Å². The molecule has 106 valence electrons. The van der Waals surface area contributed by atoms with Crippen molar-refractivity contribution in [3.63, 3.8) is 0 Å². The summed E-state index contributed by atoms with van der Waals surface area (Å²) in [5.74, 6) is -1.21. The second-order valence-corrected chi connectivity index (χ2v) is 4.36. The topological polar surface area (TPSA) is 17.1 Å². The molecule has 0 radical (unpaired) electrons. The summed E-state index contributed by atoms with van der Waals surface area (Å²) in [5, 5.41) is -1.36. The molecule has 19 heavy (non-hydrogen) atoms. The average molecular weight is 305 g/mol. The SMILES string of the molecule is CC(Cl)C(=O)c1cccc(C(F)(F)F)c1C(F)(F)F. The molecular formula is C11H7ClF6O. The third-order valence-corrected chi connectivity index (χ3v) is 2.48. The second-order valence-electron chi connectivity index (χ2n) is 3.70. The molecule has 0 spiro atoms. The van der Waals surface area contributed by atoms with Crippen molar-refractivity contribution >= 4 is 17.4 Å². The Labute approximate surface area is 109 Å². The summed E-state index contributed by atoms with van der Waals surface area (Å²) < 4.78 is 76.0. The Bertz CT molecular complexity index is 489. The van der Waals surface area contributed by atoms with Crippen molar-refractivity contribution in [1.29, 1.82) is 0 Å². The predicted octanol–water partition coefficient (Wildman–Crippen LogP) is 4.53. The van der Waals surface area contributed by atoms with Gasteiger partial charge in [-0.1, -0.05) is 12.1 Å². The molecule has 1 nitrogen and oxygen atoms in total. The van der Waals surface area contributed by atoms with E-state index in [0.717, 1.165) is 13.0 Å². The number of ketones is 1. The largest absolute Gasteiger partial charge is 0.417 e. The highest BCUT2D eigenvalue weighted by Gasteiger charge is 2.45. The summed E-state index contributed by atoms with van der Waals surface area (Å²) in [5.41, 5.74) is -4.98. The molecule has 0 aromatic heterocycles. The van der Waals surface area contributed by atoms with Crippen LogP contribution in [0.5, 0.6) is 0 Å². The van der Waals surface area contributed by atoms with Gasteiger partial charge in [0, 0.05) is 5.56 Å². The van der Waals surface area contributed by atoms with Crippen LogP contribution in [0.15, 0.2) is 18.2 Å². The molecule has 1 aromatic carbocycles. The molecule has 8 heteroatoms. The summed E-state index contributed by atoms with van der Waals surface area (Å²) in [6.45, 7) is 1.09. The van der Waals surface area contributed by atoms with Crippen molar-refractivity contribution in [2.75, 3.05) is 0 Å². The fourth-order valence-electron chi connectivity index (χ4n) is 1.51. The first-order valence-corrected chi connectivity index (χ1v) is 5.35. The summed E-state index contributed by atoms with van der Waals surface area (Å²) in [4.78, 5) is 11.5. The highest BCUT2D eigenvalue weighted by atomic mass is 35.5. The van der Waals surface area contributed by atoms with Gasteiger partial charge in [-0.2, -0.15) is 26.3 Å². The van der Waals surface area contributed by atoms with E-state index >= 15 is 0 Å². The van der Waals surface area contributed by atoms with Crippen LogP contribution in [0.25, 0.3) is 0 Å². The Balaban J connectivity index is 3.63. The van der Waals surface area contributed by atoms with Gasteiger partial charge in [0.1, 0.15) is 0 Å². The molecule has 1 aromatic rings. The van der Waals surface area contributed by atoms with Crippen LogP contribution < -0.4 is 0 Å². The van der Waals surface area contributed by atoms with E-state index in [-0.39, 0.29) is 6.07 Å². The molecule has 0 saturated carbocycles. The Morgan fingerprint density at radius 2 is 1.63 bits per heavy atom. The first-order valence-electron chi connectivity index (χ1n) is 4.92. The molecule has 0 fully saturated rings. The van der Waals surface area contributed by atoms with Gasteiger partial charge in [0.2, 0.25) is 0 Å². The van der Waals surface area contributed by atoms with Crippen LogP contribution in [0.3, 0.4) is 0 Å². The molecule has 0 N–H and O–H groups in total. The maximum absolute atomic E-state index is 12.8. The van der Waals surface area contributed by atoms with Crippen LogP contribution >= 0.6 is 11.6 Å². The minimum atomic E-state index is -5.30. The molecule has 0 aliphatic heterocycles. The lowest BCUT2D eigenvalue weighted by atomic mass is 9.96. The number of hydrogen-bond acceptors (Lipinski definition) is 1. The van der Waals surface area contributed by atoms with Gasteiger partial charge in [-0.3, -0.25) is 4.79 Å². The number of hydrogen-bond donors (Lipinski definition) is 0. The van der Waals surface area contributed by atoms with Gasteiger partial charge in [0.25, 0.3) is 0 Å². The zero-order chi connectivity index (χ0) is 15.0. The van der Waals surface area contributed by atoms with Gasteiger partial charge in [-0.05, 0) is 13.0 Å². The number of carbonyl (C=O) groups is 1. The smallest absolute Gasteiger partial charge is 0.293 e. The molecule has 0 amide bonds. The van der Waals surface area contributed by atoms with Crippen molar-refractivity contribution in [2.45, 2.75) is 24.7 Å². The number of rotatable bonds is 2. The summed E-state index contributed by atoms with van der Waals surface area (Å²) in [6, 6.07) is 1.70. The Morgan fingerprint density at radius 1 is 1.11 bits per heavy atom. The van der Waals surface area contributed by atoms with Gasteiger partial charge in [-0.25, -0.2) is 0 Å². The predicted molar refractivity (Wildman–Crippen MR) is 56.1 cm³/mol. The van der Waals surface area contributed by atoms with Crippen LogP contribution in [-0.2, 0) is 12.4 Å². The number of benzene rings is 1. The quantitative estimate of drug-likeness (QED) is 0.445. The Morgan fingerprint density at radius 3 is 2.00 bits per heavy atom. The minimum absolute atomic E-state index is 0.276. The van der Waals surface area contributed by atoms with E-state index < -0.39 is 40.2 Å². The zero-order valence-corrected chi connectivity index (χ0v) is 10.1. The lowest BCUT2D eigenvalue weighted by Crippen LogP contribution is -2.23. The molecule has 0 bridgehead atoms. The van der Waals surface area contributed by atoms with Crippen molar-refractivity contribution in [1.82, 2.24) is 0 Å². The third kappa shape index (κ3) is 3.40. The summed E-state index contributed by atoms with van der Waals surface area (Å²) in [7, 11) is 0. The standard InChI is InChI=1S/C11H7ClF6O/c1-5(12)9(19)6-3-2-4-7(10(13,14)15)8(6)11(16,17)18/h2-5H,1H3. The van der Waals surface area contributed by atoms with E-state index in [1.165, 1.54) is 0 Å².